The minimum absolute atomic E-state index is 0.110. The molecule has 0 aliphatic rings. The molecule has 2 rings (SSSR count). The van der Waals surface area contributed by atoms with E-state index in [-0.39, 0.29) is 6.54 Å². The fourth-order valence-corrected chi connectivity index (χ4v) is 3.42. The molecular formula is C8H10N4O2S2. The number of nitrogens with one attached hydrogen (secondary N) is 2. The van der Waals surface area contributed by atoms with Gasteiger partial charge in [0.25, 0.3) is 0 Å². The molecule has 6 nitrogen and oxygen atoms in total. The number of rotatable bonds is 4. The Bertz CT molecular complexity index is 559. The van der Waals surface area contributed by atoms with Crippen LogP contribution in [-0.2, 0) is 16.6 Å². The lowest BCUT2D eigenvalue weighted by atomic mass is 10.5. The molecule has 0 fully saturated rings. The molecule has 0 amide bonds. The van der Waals surface area contributed by atoms with Crippen LogP contribution >= 0.6 is 11.3 Å². The van der Waals surface area contributed by atoms with Crippen LogP contribution < -0.4 is 4.72 Å². The number of hydrogen-bond donors (Lipinski definition) is 2. The first-order valence-electron chi connectivity index (χ1n) is 4.48. The second kappa shape index (κ2) is 4.32. The van der Waals surface area contributed by atoms with E-state index in [1.165, 1.54) is 17.7 Å². The lowest BCUT2D eigenvalue weighted by Crippen LogP contribution is -2.22. The van der Waals surface area contributed by atoms with Gasteiger partial charge in [0.05, 0.1) is 6.54 Å². The zero-order valence-electron chi connectivity index (χ0n) is 8.47. The van der Waals surface area contributed by atoms with E-state index < -0.39 is 10.0 Å². The minimum Gasteiger partial charge on any atom is -0.262 e. The Morgan fingerprint density at radius 1 is 1.50 bits per heavy atom. The molecule has 2 aromatic heterocycles. The van der Waals surface area contributed by atoms with Crippen LogP contribution in [0, 0.1) is 6.92 Å². The van der Waals surface area contributed by atoms with Gasteiger partial charge < -0.3 is 0 Å². The summed E-state index contributed by atoms with van der Waals surface area (Å²) < 4.78 is 26.3. The molecule has 0 spiro atoms. The maximum absolute atomic E-state index is 11.8. The highest BCUT2D eigenvalue weighted by Crippen LogP contribution is 2.20. The molecule has 2 aromatic rings. The van der Waals surface area contributed by atoms with E-state index in [0.29, 0.717) is 10.0 Å². The van der Waals surface area contributed by atoms with Crippen LogP contribution in [0.3, 0.4) is 0 Å². The molecule has 0 unspecified atom stereocenters. The number of aromatic amines is 1. The number of aryl methyl sites for hydroxylation is 1. The summed E-state index contributed by atoms with van der Waals surface area (Å²) in [6.07, 6.45) is 1.33. The molecule has 0 saturated carbocycles. The molecule has 8 heteroatoms. The predicted molar refractivity (Wildman–Crippen MR) is 59.5 cm³/mol. The van der Waals surface area contributed by atoms with Gasteiger partial charge in [0, 0.05) is 4.88 Å². The summed E-state index contributed by atoms with van der Waals surface area (Å²) in [7, 11) is -3.43. The molecule has 0 aliphatic carbocycles. The summed E-state index contributed by atoms with van der Waals surface area (Å²) >= 11 is 1.24. The Labute approximate surface area is 96.8 Å². The van der Waals surface area contributed by atoms with Crippen molar-refractivity contribution >= 4 is 21.4 Å². The summed E-state index contributed by atoms with van der Waals surface area (Å²) in [4.78, 5) is 4.79. The third-order valence-corrected chi connectivity index (χ3v) is 4.77. The molecule has 0 atom stereocenters. The van der Waals surface area contributed by atoms with Crippen LogP contribution in [0.2, 0.25) is 0 Å². The van der Waals surface area contributed by atoms with Crippen molar-refractivity contribution in [1.29, 1.82) is 0 Å². The van der Waals surface area contributed by atoms with Gasteiger partial charge in [0.15, 0.2) is 0 Å². The summed E-state index contributed by atoms with van der Waals surface area (Å²) in [6, 6.07) is 3.36. The van der Waals surface area contributed by atoms with Gasteiger partial charge in [-0.05, 0) is 19.1 Å². The molecule has 0 aromatic carbocycles. The Balaban J connectivity index is 2.09. The van der Waals surface area contributed by atoms with Gasteiger partial charge in [-0.2, -0.15) is 5.10 Å². The summed E-state index contributed by atoms with van der Waals surface area (Å²) in [5.74, 6) is 0.483. The number of thiophene rings is 1. The van der Waals surface area contributed by atoms with E-state index in [2.05, 4.69) is 19.9 Å². The molecular weight excluding hydrogens is 248 g/mol. The van der Waals surface area contributed by atoms with Gasteiger partial charge in [0.2, 0.25) is 10.0 Å². The molecule has 0 aliphatic heterocycles. The topological polar surface area (TPSA) is 87.7 Å². The van der Waals surface area contributed by atoms with Gasteiger partial charge >= 0.3 is 0 Å². The highest BCUT2D eigenvalue weighted by molar-refractivity contribution is 7.91. The first-order chi connectivity index (χ1) is 7.58. The average Bonchev–Trinajstić information content (AvgIpc) is 2.85. The van der Waals surface area contributed by atoms with Crippen LogP contribution in [0.15, 0.2) is 22.7 Å². The first kappa shape index (κ1) is 11.2. The van der Waals surface area contributed by atoms with E-state index in [0.717, 1.165) is 4.88 Å². The van der Waals surface area contributed by atoms with Crippen molar-refractivity contribution in [2.75, 3.05) is 0 Å². The smallest absolute Gasteiger partial charge is 0.250 e. The average molecular weight is 258 g/mol. The van der Waals surface area contributed by atoms with Gasteiger partial charge in [0.1, 0.15) is 16.4 Å². The fraction of sp³-hybridized carbons (Fsp3) is 0.250. The first-order valence-corrected chi connectivity index (χ1v) is 6.78. The van der Waals surface area contributed by atoms with E-state index in [4.69, 9.17) is 0 Å². The van der Waals surface area contributed by atoms with Crippen LogP contribution in [0.4, 0.5) is 0 Å². The highest BCUT2D eigenvalue weighted by atomic mass is 32.2. The third kappa shape index (κ3) is 2.46. The molecule has 2 N–H and O–H groups in total. The van der Waals surface area contributed by atoms with Crippen LogP contribution in [0.25, 0.3) is 0 Å². The van der Waals surface area contributed by atoms with Crippen molar-refractivity contribution in [3.63, 3.8) is 0 Å². The lowest BCUT2D eigenvalue weighted by molar-refractivity contribution is 0.581. The SMILES string of the molecule is Cc1ccc(S(=O)(=O)NCc2ncn[nH]2)s1. The van der Waals surface area contributed by atoms with Crippen LogP contribution in [0.5, 0.6) is 0 Å². The summed E-state index contributed by atoms with van der Waals surface area (Å²) in [6.45, 7) is 1.97. The number of sulfonamides is 1. The van der Waals surface area contributed by atoms with E-state index in [9.17, 15) is 8.42 Å². The molecule has 0 saturated heterocycles. The van der Waals surface area contributed by atoms with E-state index in [1.54, 1.807) is 12.1 Å². The second-order valence-corrected chi connectivity index (χ2v) is 6.40. The maximum atomic E-state index is 11.8. The van der Waals surface area contributed by atoms with E-state index in [1.807, 2.05) is 6.92 Å². The van der Waals surface area contributed by atoms with Crippen LogP contribution in [0.1, 0.15) is 10.7 Å². The number of H-pyrrole nitrogens is 1. The Morgan fingerprint density at radius 2 is 2.31 bits per heavy atom. The van der Waals surface area contributed by atoms with Gasteiger partial charge in [-0.15, -0.1) is 11.3 Å². The minimum atomic E-state index is -3.43. The molecule has 2 heterocycles. The Hall–Kier alpha value is -1.25. The van der Waals surface area contributed by atoms with Crippen LogP contribution in [-0.4, -0.2) is 23.6 Å². The number of aromatic nitrogens is 3. The monoisotopic (exact) mass is 258 g/mol. The quantitative estimate of drug-likeness (QED) is 0.843. The molecule has 0 radical (unpaired) electrons. The van der Waals surface area contributed by atoms with Crippen molar-refractivity contribution < 1.29 is 8.42 Å². The third-order valence-electron chi connectivity index (χ3n) is 1.88. The standard InChI is InChI=1S/C8H10N4O2S2/c1-6-2-3-8(15-6)16(13,14)11-4-7-9-5-10-12-7/h2-3,5,11H,4H2,1H3,(H,9,10,12). The number of hydrogen-bond acceptors (Lipinski definition) is 5. The summed E-state index contributed by atoms with van der Waals surface area (Å²) in [5, 5.41) is 6.21. The molecule has 0 bridgehead atoms. The van der Waals surface area contributed by atoms with Crippen molar-refractivity contribution in [2.24, 2.45) is 0 Å². The van der Waals surface area contributed by atoms with Gasteiger partial charge in [-0.3, -0.25) is 5.10 Å². The largest absolute Gasteiger partial charge is 0.262 e. The zero-order chi connectivity index (χ0) is 11.6. The van der Waals surface area contributed by atoms with Gasteiger partial charge in [-0.25, -0.2) is 18.1 Å². The maximum Gasteiger partial charge on any atom is 0.250 e. The van der Waals surface area contributed by atoms with Crippen molar-refractivity contribution in [1.82, 2.24) is 19.9 Å². The second-order valence-electron chi connectivity index (χ2n) is 3.12. The lowest BCUT2D eigenvalue weighted by Gasteiger charge is -2.01. The normalized spacial score (nSPS) is 11.8. The molecule has 86 valence electrons. The van der Waals surface area contributed by atoms with Crippen molar-refractivity contribution in [2.45, 2.75) is 17.7 Å². The Kier molecular flexibility index (Phi) is 3.03. The fourth-order valence-electron chi connectivity index (χ4n) is 1.11. The highest BCUT2D eigenvalue weighted by Gasteiger charge is 2.15. The Morgan fingerprint density at radius 3 is 2.88 bits per heavy atom. The van der Waals surface area contributed by atoms with Crippen molar-refractivity contribution in [3.05, 3.63) is 29.2 Å². The zero-order valence-corrected chi connectivity index (χ0v) is 10.1. The van der Waals surface area contributed by atoms with Gasteiger partial charge in [-0.1, -0.05) is 0 Å². The molecule has 16 heavy (non-hydrogen) atoms. The van der Waals surface area contributed by atoms with E-state index >= 15 is 0 Å². The van der Waals surface area contributed by atoms with Crippen molar-refractivity contribution in [3.8, 4) is 0 Å². The summed E-state index contributed by atoms with van der Waals surface area (Å²) in [5.41, 5.74) is 0. The predicted octanol–water partition coefficient (Wildman–Crippen LogP) is 0.653. The number of nitrogens with zero attached hydrogens (tertiary/aromatic N) is 2.